The Balaban J connectivity index is 1.48. The standard InChI is InChI=1S/C22H26N4/c1-3-9-17(10-4-1)23-25-21-15-7-14-20-19(21)13-8-16-22(20)26-24-18-11-5-2-6-12-18/h1-6,9-12,19-20,23-24H,7-8,13-16H2/b25-21-,26-22+/t19-,20+/m0/s1. The van der Waals surface area contributed by atoms with Gasteiger partial charge < -0.3 is 0 Å². The maximum Gasteiger partial charge on any atom is 0.0561 e. The van der Waals surface area contributed by atoms with Gasteiger partial charge in [-0.05, 0) is 62.8 Å². The molecule has 2 saturated carbocycles. The van der Waals surface area contributed by atoms with Gasteiger partial charge >= 0.3 is 0 Å². The van der Waals surface area contributed by atoms with Gasteiger partial charge in [0, 0.05) is 23.3 Å². The van der Waals surface area contributed by atoms with Crippen LogP contribution in [0.1, 0.15) is 38.5 Å². The molecule has 0 amide bonds. The Bertz CT molecular complexity index is 700. The van der Waals surface area contributed by atoms with Gasteiger partial charge in [-0.25, -0.2) is 0 Å². The Hall–Kier alpha value is -2.62. The maximum absolute atomic E-state index is 4.78. The Morgan fingerprint density at radius 3 is 1.46 bits per heavy atom. The van der Waals surface area contributed by atoms with E-state index in [1.54, 1.807) is 0 Å². The molecular formula is C22H26N4. The topological polar surface area (TPSA) is 48.8 Å². The number of rotatable bonds is 4. The number of anilines is 2. The number of para-hydroxylation sites is 2. The summed E-state index contributed by atoms with van der Waals surface area (Å²) in [4.78, 5) is 0. The second-order valence-corrected chi connectivity index (χ2v) is 7.16. The fourth-order valence-corrected chi connectivity index (χ4v) is 4.15. The number of fused-ring (bicyclic) bond motifs is 1. The van der Waals surface area contributed by atoms with Crippen molar-refractivity contribution in [2.24, 2.45) is 22.0 Å². The van der Waals surface area contributed by atoms with Crippen LogP contribution in [0.5, 0.6) is 0 Å². The lowest BCUT2D eigenvalue weighted by Gasteiger charge is -2.37. The number of benzene rings is 2. The van der Waals surface area contributed by atoms with Crippen molar-refractivity contribution in [1.29, 1.82) is 0 Å². The summed E-state index contributed by atoms with van der Waals surface area (Å²) in [5, 5.41) is 9.56. The van der Waals surface area contributed by atoms with Crippen molar-refractivity contribution >= 4 is 22.8 Å². The van der Waals surface area contributed by atoms with E-state index in [9.17, 15) is 0 Å². The minimum Gasteiger partial charge on any atom is -0.279 e. The normalized spacial score (nSPS) is 25.7. The molecule has 2 aromatic carbocycles. The minimum atomic E-state index is 0.532. The smallest absolute Gasteiger partial charge is 0.0561 e. The first-order valence-corrected chi connectivity index (χ1v) is 9.65. The van der Waals surface area contributed by atoms with Crippen molar-refractivity contribution < 1.29 is 0 Å². The number of hydrogen-bond donors (Lipinski definition) is 2. The largest absolute Gasteiger partial charge is 0.279 e. The van der Waals surface area contributed by atoms with Gasteiger partial charge in [-0.1, -0.05) is 36.4 Å². The van der Waals surface area contributed by atoms with E-state index in [0.29, 0.717) is 11.8 Å². The molecule has 0 bridgehead atoms. The number of hydrazone groups is 2. The molecule has 2 fully saturated rings. The quantitative estimate of drug-likeness (QED) is 0.716. The van der Waals surface area contributed by atoms with Crippen LogP contribution < -0.4 is 10.9 Å². The van der Waals surface area contributed by atoms with Crippen LogP contribution in [0.25, 0.3) is 0 Å². The molecule has 0 radical (unpaired) electrons. The summed E-state index contributed by atoms with van der Waals surface area (Å²) in [6.45, 7) is 0. The summed E-state index contributed by atoms with van der Waals surface area (Å²) in [6, 6.07) is 20.4. The van der Waals surface area contributed by atoms with E-state index >= 15 is 0 Å². The minimum absolute atomic E-state index is 0.532. The molecule has 0 heterocycles. The maximum atomic E-state index is 4.78. The van der Waals surface area contributed by atoms with Crippen LogP contribution >= 0.6 is 0 Å². The third kappa shape index (κ3) is 3.96. The first-order chi connectivity index (χ1) is 12.9. The fourth-order valence-electron chi connectivity index (χ4n) is 4.15. The lowest BCUT2D eigenvalue weighted by molar-refractivity contribution is 0.385. The van der Waals surface area contributed by atoms with Gasteiger partial charge in [-0.2, -0.15) is 10.2 Å². The second kappa shape index (κ2) is 8.17. The number of hydrogen-bond acceptors (Lipinski definition) is 4. The molecule has 2 N–H and O–H groups in total. The Morgan fingerprint density at radius 1 is 0.615 bits per heavy atom. The van der Waals surface area contributed by atoms with E-state index in [1.165, 1.54) is 37.1 Å². The summed E-state index contributed by atoms with van der Waals surface area (Å²) in [7, 11) is 0. The van der Waals surface area contributed by atoms with Gasteiger partial charge in [0.1, 0.15) is 0 Å². The average Bonchev–Trinajstić information content (AvgIpc) is 2.72. The van der Waals surface area contributed by atoms with Crippen molar-refractivity contribution in [2.45, 2.75) is 38.5 Å². The van der Waals surface area contributed by atoms with Gasteiger partial charge in [-0.15, -0.1) is 0 Å². The van der Waals surface area contributed by atoms with Gasteiger partial charge in [0.05, 0.1) is 11.4 Å². The van der Waals surface area contributed by atoms with Crippen molar-refractivity contribution in [3.8, 4) is 0 Å². The monoisotopic (exact) mass is 346 g/mol. The molecule has 0 unspecified atom stereocenters. The lowest BCUT2D eigenvalue weighted by Crippen LogP contribution is -2.37. The molecule has 4 heteroatoms. The van der Waals surface area contributed by atoms with Crippen LogP contribution in [-0.2, 0) is 0 Å². The number of nitrogens with one attached hydrogen (secondary N) is 2. The Labute approximate surface area is 155 Å². The third-order valence-electron chi connectivity index (χ3n) is 5.44. The molecule has 2 aliphatic rings. The van der Waals surface area contributed by atoms with Crippen LogP contribution in [0.3, 0.4) is 0 Å². The highest BCUT2D eigenvalue weighted by molar-refractivity contribution is 5.97. The molecule has 4 rings (SSSR count). The molecular weight excluding hydrogens is 320 g/mol. The van der Waals surface area contributed by atoms with E-state index < -0.39 is 0 Å². The van der Waals surface area contributed by atoms with Gasteiger partial charge in [0.2, 0.25) is 0 Å². The zero-order valence-corrected chi connectivity index (χ0v) is 15.1. The average molecular weight is 346 g/mol. The van der Waals surface area contributed by atoms with Gasteiger partial charge in [0.15, 0.2) is 0 Å². The summed E-state index contributed by atoms with van der Waals surface area (Å²) in [5.41, 5.74) is 11.2. The van der Waals surface area contributed by atoms with Crippen LogP contribution in [0.4, 0.5) is 11.4 Å². The summed E-state index contributed by atoms with van der Waals surface area (Å²) in [6.07, 6.45) is 7.04. The predicted octanol–water partition coefficient (Wildman–Crippen LogP) is 5.52. The van der Waals surface area contributed by atoms with E-state index in [1.807, 2.05) is 36.4 Å². The Morgan fingerprint density at radius 2 is 1.04 bits per heavy atom. The first-order valence-electron chi connectivity index (χ1n) is 9.65. The molecule has 0 aromatic heterocycles. The zero-order chi connectivity index (χ0) is 17.6. The fraction of sp³-hybridized carbons (Fsp3) is 0.364. The molecule has 0 spiro atoms. The molecule has 26 heavy (non-hydrogen) atoms. The van der Waals surface area contributed by atoms with Crippen LogP contribution in [0.15, 0.2) is 70.9 Å². The molecule has 0 aliphatic heterocycles. The highest BCUT2D eigenvalue weighted by Gasteiger charge is 2.36. The predicted molar refractivity (Wildman–Crippen MR) is 110 cm³/mol. The summed E-state index contributed by atoms with van der Waals surface area (Å²) < 4.78 is 0. The van der Waals surface area contributed by atoms with Crippen LogP contribution in [0.2, 0.25) is 0 Å². The van der Waals surface area contributed by atoms with Gasteiger partial charge in [-0.3, -0.25) is 10.9 Å². The van der Waals surface area contributed by atoms with Crippen molar-refractivity contribution in [1.82, 2.24) is 0 Å². The van der Waals surface area contributed by atoms with Crippen molar-refractivity contribution in [3.05, 3.63) is 60.7 Å². The molecule has 2 atom stereocenters. The van der Waals surface area contributed by atoms with Crippen LogP contribution in [0, 0.1) is 11.8 Å². The van der Waals surface area contributed by atoms with Crippen LogP contribution in [-0.4, -0.2) is 11.4 Å². The summed E-state index contributed by atoms with van der Waals surface area (Å²) >= 11 is 0. The Kier molecular flexibility index (Phi) is 5.29. The first kappa shape index (κ1) is 16.8. The highest BCUT2D eigenvalue weighted by atomic mass is 15.3. The van der Waals surface area contributed by atoms with Gasteiger partial charge in [0.25, 0.3) is 0 Å². The van der Waals surface area contributed by atoms with E-state index in [4.69, 9.17) is 10.2 Å². The van der Waals surface area contributed by atoms with E-state index in [0.717, 1.165) is 24.2 Å². The summed E-state index contributed by atoms with van der Waals surface area (Å²) in [5.74, 6) is 1.06. The highest BCUT2D eigenvalue weighted by Crippen LogP contribution is 2.38. The molecule has 4 nitrogen and oxygen atoms in total. The van der Waals surface area contributed by atoms with Crippen molar-refractivity contribution in [2.75, 3.05) is 10.9 Å². The third-order valence-corrected chi connectivity index (χ3v) is 5.44. The van der Waals surface area contributed by atoms with E-state index in [-0.39, 0.29) is 0 Å². The molecule has 2 aliphatic carbocycles. The second-order valence-electron chi connectivity index (χ2n) is 7.16. The number of nitrogens with zero attached hydrogens (tertiary/aromatic N) is 2. The molecule has 134 valence electrons. The molecule has 0 saturated heterocycles. The SMILES string of the molecule is c1ccc(N/N=C2/CCC[C@H]3/C(=N/Nc4ccccc4)CCC[C@H]23)cc1. The van der Waals surface area contributed by atoms with E-state index in [2.05, 4.69) is 35.1 Å². The lowest BCUT2D eigenvalue weighted by atomic mass is 9.69. The zero-order valence-electron chi connectivity index (χ0n) is 15.1. The molecule has 2 aromatic rings. The van der Waals surface area contributed by atoms with Crippen molar-refractivity contribution in [3.63, 3.8) is 0 Å².